The van der Waals surface area contributed by atoms with Crippen molar-refractivity contribution in [3.05, 3.63) is 24.3 Å². The van der Waals surface area contributed by atoms with Crippen LogP contribution in [0.25, 0.3) is 0 Å². The topological polar surface area (TPSA) is 105 Å². The van der Waals surface area contributed by atoms with Crippen LogP contribution in [-0.2, 0) is 18.4 Å². The Morgan fingerprint density at radius 2 is 0.803 bits per heavy atom. The molecule has 0 bridgehead atoms. The van der Waals surface area contributed by atoms with Crippen molar-refractivity contribution in [2.24, 2.45) is 0 Å². The van der Waals surface area contributed by atoms with Crippen LogP contribution in [-0.4, -0.2) is 73.4 Å². The summed E-state index contributed by atoms with van der Waals surface area (Å²) < 4.78 is 23.8. The average Bonchev–Trinajstić information content (AvgIpc) is 3.33. The maximum Gasteiger partial charge on any atom is 0.472 e. The number of carbonyl (C=O) groups is 1. The van der Waals surface area contributed by atoms with E-state index in [1.165, 1.54) is 244 Å². The second-order valence-corrected chi connectivity index (χ2v) is 24.2. The molecular formula is C62H124N2O6P+. The lowest BCUT2D eigenvalue weighted by atomic mass is 10.0. The molecule has 0 saturated carbocycles. The number of quaternary nitrogens is 1. The minimum atomic E-state index is -4.33. The van der Waals surface area contributed by atoms with Crippen LogP contribution in [0.4, 0.5) is 0 Å². The second-order valence-electron chi connectivity index (χ2n) is 22.8. The molecule has 3 unspecified atom stereocenters. The number of phosphoric acid groups is 1. The Labute approximate surface area is 443 Å². The van der Waals surface area contributed by atoms with Crippen LogP contribution in [0.15, 0.2) is 24.3 Å². The molecule has 1 amide bonds. The zero-order valence-electron chi connectivity index (χ0n) is 48.2. The smallest absolute Gasteiger partial charge is 0.391 e. The highest BCUT2D eigenvalue weighted by Crippen LogP contribution is 2.43. The first kappa shape index (κ1) is 70.0. The molecule has 422 valence electrons. The first-order valence-corrected chi connectivity index (χ1v) is 32.7. The van der Waals surface area contributed by atoms with Gasteiger partial charge in [0.15, 0.2) is 0 Å². The summed E-state index contributed by atoms with van der Waals surface area (Å²) in [4.78, 5) is 23.4. The number of hydrogen-bond acceptors (Lipinski definition) is 5. The molecule has 0 spiro atoms. The predicted molar refractivity (Wildman–Crippen MR) is 309 cm³/mol. The minimum absolute atomic E-state index is 0.0758. The van der Waals surface area contributed by atoms with Crippen molar-refractivity contribution in [3.8, 4) is 0 Å². The van der Waals surface area contributed by atoms with Crippen molar-refractivity contribution >= 4 is 13.7 Å². The quantitative estimate of drug-likeness (QED) is 0.0243. The zero-order chi connectivity index (χ0) is 52.0. The fourth-order valence-corrected chi connectivity index (χ4v) is 10.3. The number of likely N-dealkylation sites (N-methyl/N-ethyl adjacent to an activating group) is 1. The lowest BCUT2D eigenvalue weighted by Crippen LogP contribution is -2.46. The largest absolute Gasteiger partial charge is 0.472 e. The highest BCUT2D eigenvalue weighted by Gasteiger charge is 2.28. The van der Waals surface area contributed by atoms with Crippen LogP contribution in [0.2, 0.25) is 0 Å². The number of nitrogens with one attached hydrogen (secondary N) is 1. The molecule has 0 aromatic carbocycles. The fourth-order valence-electron chi connectivity index (χ4n) is 9.55. The van der Waals surface area contributed by atoms with E-state index in [2.05, 4.69) is 43.5 Å². The molecular weight excluding hydrogens is 900 g/mol. The summed E-state index contributed by atoms with van der Waals surface area (Å²) in [6, 6.07) is -0.761. The number of nitrogens with zero attached hydrogens (tertiary/aromatic N) is 1. The molecule has 3 N–H and O–H groups in total. The van der Waals surface area contributed by atoms with Crippen LogP contribution in [0.1, 0.15) is 316 Å². The van der Waals surface area contributed by atoms with Crippen LogP contribution >= 0.6 is 7.82 Å². The van der Waals surface area contributed by atoms with Crippen molar-refractivity contribution in [1.82, 2.24) is 5.32 Å². The second kappa shape index (κ2) is 53.8. The van der Waals surface area contributed by atoms with Crippen LogP contribution in [0.5, 0.6) is 0 Å². The van der Waals surface area contributed by atoms with Gasteiger partial charge in [-0.1, -0.05) is 289 Å². The minimum Gasteiger partial charge on any atom is -0.391 e. The Morgan fingerprint density at radius 3 is 1.15 bits per heavy atom. The monoisotopic (exact) mass is 1020 g/mol. The third-order valence-corrected chi connectivity index (χ3v) is 15.4. The Hall–Kier alpha value is -1.02. The summed E-state index contributed by atoms with van der Waals surface area (Å²) in [6.07, 6.45) is 68.2. The molecule has 3 atom stereocenters. The number of hydrogen-bond donors (Lipinski definition) is 3. The summed E-state index contributed by atoms with van der Waals surface area (Å²) in [5.74, 6) is -0.141. The van der Waals surface area contributed by atoms with Crippen molar-refractivity contribution in [2.75, 3.05) is 40.9 Å². The van der Waals surface area contributed by atoms with Crippen molar-refractivity contribution in [3.63, 3.8) is 0 Å². The van der Waals surface area contributed by atoms with E-state index in [-0.39, 0.29) is 19.1 Å². The van der Waals surface area contributed by atoms with E-state index in [9.17, 15) is 19.4 Å². The lowest BCUT2D eigenvalue weighted by molar-refractivity contribution is -0.870. The van der Waals surface area contributed by atoms with Gasteiger partial charge in [-0.3, -0.25) is 13.8 Å². The third-order valence-electron chi connectivity index (χ3n) is 14.5. The SMILES string of the molecule is CCCCCCCCCCC/C=C\C/C=C\CCCCCCCCCCCCCC(=O)NC(COP(=O)(O)OCC[N+](C)(C)C)C(O)CCCCCCCCCCCCCCCCCCCCCCCC. The Kier molecular flexibility index (Phi) is 53.0. The van der Waals surface area contributed by atoms with E-state index >= 15 is 0 Å². The van der Waals surface area contributed by atoms with E-state index in [1.807, 2.05) is 21.1 Å². The van der Waals surface area contributed by atoms with Gasteiger partial charge in [0.05, 0.1) is 39.9 Å². The van der Waals surface area contributed by atoms with Crippen molar-refractivity contribution < 1.29 is 32.9 Å². The van der Waals surface area contributed by atoms with Gasteiger partial charge in [0, 0.05) is 6.42 Å². The normalized spacial score (nSPS) is 14.0. The molecule has 71 heavy (non-hydrogen) atoms. The Balaban J connectivity index is 4.11. The van der Waals surface area contributed by atoms with E-state index < -0.39 is 20.0 Å². The van der Waals surface area contributed by atoms with E-state index in [1.54, 1.807) is 0 Å². The molecule has 0 radical (unpaired) electrons. The molecule has 0 aliphatic carbocycles. The van der Waals surface area contributed by atoms with Gasteiger partial charge in [-0.25, -0.2) is 4.57 Å². The number of carbonyl (C=O) groups excluding carboxylic acids is 1. The van der Waals surface area contributed by atoms with E-state index in [4.69, 9.17) is 9.05 Å². The van der Waals surface area contributed by atoms with Gasteiger partial charge in [0.1, 0.15) is 13.2 Å². The van der Waals surface area contributed by atoms with Crippen LogP contribution in [0, 0.1) is 0 Å². The number of rotatable bonds is 58. The van der Waals surface area contributed by atoms with Gasteiger partial charge in [0.25, 0.3) is 0 Å². The predicted octanol–water partition coefficient (Wildman–Crippen LogP) is 19.2. The number of allylic oxidation sites excluding steroid dienone is 4. The van der Waals surface area contributed by atoms with Gasteiger partial charge < -0.3 is 19.8 Å². The number of aliphatic hydroxyl groups is 1. The third kappa shape index (κ3) is 56.5. The standard InChI is InChI=1S/C62H123N2O6P/c1-6-8-10-12-14-16-18-20-22-24-26-28-30-31-32-33-34-36-38-40-42-44-46-48-50-52-54-56-62(66)63-60(59-70-71(67,68)69-58-57-64(3,4)5)61(65)55-53-51-49-47-45-43-41-39-37-35-29-27-25-23-21-19-17-15-13-11-9-7-2/h26,28,31-32,60-61,65H,6-25,27,29-30,33-59H2,1-5H3,(H-,63,66,67,68)/p+1/b28-26-,32-31-. The Bertz CT molecular complexity index is 1210. The highest BCUT2D eigenvalue weighted by atomic mass is 31.2. The molecule has 0 aliphatic rings. The first-order chi connectivity index (χ1) is 34.5. The molecule has 0 fully saturated rings. The maximum absolute atomic E-state index is 13.0. The molecule has 0 heterocycles. The molecule has 0 aromatic heterocycles. The first-order valence-electron chi connectivity index (χ1n) is 31.2. The summed E-state index contributed by atoms with van der Waals surface area (Å²) in [5.41, 5.74) is 0. The summed E-state index contributed by atoms with van der Waals surface area (Å²) in [7, 11) is 1.63. The van der Waals surface area contributed by atoms with E-state index in [0.717, 1.165) is 44.9 Å². The molecule has 0 saturated heterocycles. The number of unbranched alkanes of at least 4 members (excludes halogenated alkanes) is 41. The summed E-state index contributed by atoms with van der Waals surface area (Å²) in [5, 5.41) is 14.1. The van der Waals surface area contributed by atoms with Gasteiger partial charge in [-0.15, -0.1) is 0 Å². The number of phosphoric ester groups is 1. The molecule has 9 heteroatoms. The molecule has 0 rings (SSSR count). The molecule has 8 nitrogen and oxygen atoms in total. The van der Waals surface area contributed by atoms with Crippen molar-refractivity contribution in [1.29, 1.82) is 0 Å². The van der Waals surface area contributed by atoms with Crippen LogP contribution in [0.3, 0.4) is 0 Å². The zero-order valence-corrected chi connectivity index (χ0v) is 49.1. The van der Waals surface area contributed by atoms with E-state index in [0.29, 0.717) is 23.9 Å². The summed E-state index contributed by atoms with van der Waals surface area (Å²) in [6.45, 7) is 4.94. The lowest BCUT2D eigenvalue weighted by Gasteiger charge is -2.26. The number of aliphatic hydroxyl groups excluding tert-OH is 1. The van der Waals surface area contributed by atoms with Gasteiger partial charge in [-0.2, -0.15) is 0 Å². The van der Waals surface area contributed by atoms with Gasteiger partial charge >= 0.3 is 7.82 Å². The molecule has 0 aromatic rings. The van der Waals surface area contributed by atoms with Gasteiger partial charge in [-0.05, 0) is 44.9 Å². The van der Waals surface area contributed by atoms with Crippen molar-refractivity contribution in [2.45, 2.75) is 328 Å². The average molecular weight is 1020 g/mol. The fraction of sp³-hybridized carbons (Fsp3) is 0.919. The highest BCUT2D eigenvalue weighted by molar-refractivity contribution is 7.47. The van der Waals surface area contributed by atoms with Gasteiger partial charge in [0.2, 0.25) is 5.91 Å². The van der Waals surface area contributed by atoms with Crippen LogP contribution < -0.4 is 5.32 Å². The summed E-state index contributed by atoms with van der Waals surface area (Å²) >= 11 is 0. The maximum atomic E-state index is 13.0. The number of amides is 1. The molecule has 0 aliphatic heterocycles. The Morgan fingerprint density at radius 1 is 0.479 bits per heavy atom.